The molecule has 0 aromatic carbocycles. The summed E-state index contributed by atoms with van der Waals surface area (Å²) in [4.78, 5) is 38.4. The van der Waals surface area contributed by atoms with Crippen LogP contribution in [-0.2, 0) is 4.79 Å². The van der Waals surface area contributed by atoms with Gasteiger partial charge in [0, 0.05) is 51.0 Å². The van der Waals surface area contributed by atoms with Gasteiger partial charge in [0.15, 0.2) is 0 Å². The lowest BCUT2D eigenvalue weighted by Gasteiger charge is -2.56. The third-order valence-electron chi connectivity index (χ3n) is 6.84. The molecule has 1 N–H and O–H groups in total. The van der Waals surface area contributed by atoms with Gasteiger partial charge < -0.3 is 10.2 Å². The molecule has 7 heteroatoms. The van der Waals surface area contributed by atoms with Crippen LogP contribution in [-0.4, -0.2) is 69.8 Å². The number of amides is 2. The van der Waals surface area contributed by atoms with E-state index in [2.05, 4.69) is 45.0 Å². The van der Waals surface area contributed by atoms with E-state index >= 15 is 0 Å². The molecule has 4 atom stereocenters. The third kappa shape index (κ3) is 4.41. The zero-order valence-corrected chi connectivity index (χ0v) is 18.3. The average molecular weight is 412 g/mol. The molecule has 4 heterocycles. The van der Waals surface area contributed by atoms with E-state index in [4.69, 9.17) is 0 Å². The average Bonchev–Trinajstić information content (AvgIpc) is 2.73. The predicted molar refractivity (Wildman–Crippen MR) is 115 cm³/mol. The molecule has 30 heavy (non-hydrogen) atoms. The zero-order chi connectivity index (χ0) is 21.3. The van der Waals surface area contributed by atoms with Gasteiger partial charge in [-0.15, -0.1) is 0 Å². The summed E-state index contributed by atoms with van der Waals surface area (Å²) in [5.74, 6) is 1.66. The Labute approximate surface area is 178 Å². The number of carbonyl (C=O) groups excluding carboxylic acids is 2. The molecule has 0 aliphatic carbocycles. The van der Waals surface area contributed by atoms with Crippen molar-refractivity contribution >= 4 is 11.8 Å². The van der Waals surface area contributed by atoms with E-state index in [0.717, 1.165) is 38.9 Å². The Morgan fingerprint density at radius 3 is 2.70 bits per heavy atom. The van der Waals surface area contributed by atoms with Crippen molar-refractivity contribution in [1.82, 2.24) is 25.1 Å². The van der Waals surface area contributed by atoms with Gasteiger partial charge >= 0.3 is 0 Å². The van der Waals surface area contributed by atoms with E-state index in [1.54, 1.807) is 19.3 Å². The molecular formula is C23H33N5O2. The lowest BCUT2D eigenvalue weighted by Crippen LogP contribution is -2.67. The van der Waals surface area contributed by atoms with Gasteiger partial charge in [-0.05, 0) is 51.9 Å². The number of nitrogens with zero attached hydrogens (tertiary/aromatic N) is 4. The van der Waals surface area contributed by atoms with Crippen molar-refractivity contribution in [2.45, 2.75) is 58.5 Å². The van der Waals surface area contributed by atoms with Gasteiger partial charge in [0.2, 0.25) is 5.91 Å². The van der Waals surface area contributed by atoms with Crippen LogP contribution in [0.1, 0.15) is 55.7 Å². The molecule has 0 saturated carbocycles. The van der Waals surface area contributed by atoms with E-state index in [-0.39, 0.29) is 17.9 Å². The standard InChI is InChI=1S/C23H33N5O2/c1-15(2)7-8-27-13-17-9-18(14-27)21(28-20(17)5-4-6-22(28)29)12-26-23(30)19-10-24-16(3)25-11-19/h7,10-11,17-18,20-21H,4-6,8-9,12-14H2,1-3H3,(H,26,30)/t17-,18+,20+,21+/m1/s1. The van der Waals surface area contributed by atoms with E-state index in [1.165, 1.54) is 5.57 Å². The summed E-state index contributed by atoms with van der Waals surface area (Å²) in [5.41, 5.74) is 1.80. The number of hydrogen-bond donors (Lipinski definition) is 1. The van der Waals surface area contributed by atoms with Crippen LogP contribution in [0.15, 0.2) is 24.0 Å². The first-order valence-corrected chi connectivity index (χ1v) is 11.2. The number of hydrogen-bond acceptors (Lipinski definition) is 5. The molecule has 0 spiro atoms. The van der Waals surface area contributed by atoms with Crippen molar-refractivity contribution in [2.24, 2.45) is 11.8 Å². The van der Waals surface area contributed by atoms with Crippen molar-refractivity contribution in [3.8, 4) is 0 Å². The van der Waals surface area contributed by atoms with Crippen LogP contribution < -0.4 is 5.32 Å². The van der Waals surface area contributed by atoms with Crippen molar-refractivity contribution in [3.63, 3.8) is 0 Å². The summed E-state index contributed by atoms with van der Waals surface area (Å²) in [6, 6.07) is 0.366. The third-order valence-corrected chi connectivity index (χ3v) is 6.84. The van der Waals surface area contributed by atoms with Gasteiger partial charge in [0.1, 0.15) is 5.82 Å². The predicted octanol–water partition coefficient (Wildman–Crippen LogP) is 2.18. The van der Waals surface area contributed by atoms with Gasteiger partial charge in [-0.25, -0.2) is 9.97 Å². The number of carbonyl (C=O) groups is 2. The van der Waals surface area contributed by atoms with Crippen LogP contribution in [0.4, 0.5) is 0 Å². The van der Waals surface area contributed by atoms with E-state index in [0.29, 0.717) is 42.2 Å². The highest BCUT2D eigenvalue weighted by Gasteiger charge is 2.49. The zero-order valence-electron chi connectivity index (χ0n) is 18.3. The highest BCUT2D eigenvalue weighted by molar-refractivity contribution is 5.93. The summed E-state index contributed by atoms with van der Waals surface area (Å²) in [6.07, 6.45) is 9.25. The fourth-order valence-corrected chi connectivity index (χ4v) is 5.40. The minimum absolute atomic E-state index is 0.0591. The Bertz CT molecular complexity index is 817. The fraction of sp³-hybridized carbons (Fsp3) is 0.652. The smallest absolute Gasteiger partial charge is 0.254 e. The number of nitrogens with one attached hydrogen (secondary N) is 1. The van der Waals surface area contributed by atoms with Crippen LogP contribution in [0.25, 0.3) is 0 Å². The lowest BCUT2D eigenvalue weighted by atomic mass is 9.72. The lowest BCUT2D eigenvalue weighted by molar-refractivity contribution is -0.152. The van der Waals surface area contributed by atoms with Gasteiger partial charge in [0.05, 0.1) is 11.6 Å². The van der Waals surface area contributed by atoms with Crippen LogP contribution in [0.5, 0.6) is 0 Å². The summed E-state index contributed by atoms with van der Waals surface area (Å²) < 4.78 is 0. The SMILES string of the molecule is CC(C)=CCN1C[C@H]2C[C@@H](C1)[C@H](CNC(=O)c1cnc(C)nc1)N1C(=O)CCC[C@@H]21. The second-order valence-electron chi connectivity index (χ2n) is 9.31. The number of likely N-dealkylation sites (tertiary alicyclic amines) is 1. The summed E-state index contributed by atoms with van der Waals surface area (Å²) in [6.45, 7) is 9.57. The minimum Gasteiger partial charge on any atom is -0.350 e. The molecule has 3 fully saturated rings. The van der Waals surface area contributed by atoms with Gasteiger partial charge in [0.25, 0.3) is 5.91 Å². The second kappa shape index (κ2) is 8.84. The first kappa shape index (κ1) is 21.0. The van der Waals surface area contributed by atoms with Gasteiger partial charge in [-0.3, -0.25) is 14.5 Å². The van der Waals surface area contributed by atoms with Crippen LogP contribution in [0.3, 0.4) is 0 Å². The number of allylic oxidation sites excluding steroid dienone is 1. The molecule has 3 aliphatic rings. The minimum atomic E-state index is -0.171. The Morgan fingerprint density at radius 2 is 1.97 bits per heavy atom. The van der Waals surface area contributed by atoms with Crippen molar-refractivity contribution in [1.29, 1.82) is 0 Å². The molecule has 3 saturated heterocycles. The molecule has 4 rings (SSSR count). The monoisotopic (exact) mass is 411 g/mol. The number of piperidine rings is 3. The molecule has 2 amide bonds. The van der Waals surface area contributed by atoms with E-state index < -0.39 is 0 Å². The molecule has 3 aliphatic heterocycles. The summed E-state index contributed by atoms with van der Waals surface area (Å²) in [5, 5.41) is 3.07. The molecule has 162 valence electrons. The quantitative estimate of drug-likeness (QED) is 0.752. The molecule has 0 unspecified atom stereocenters. The van der Waals surface area contributed by atoms with Crippen molar-refractivity contribution in [2.75, 3.05) is 26.2 Å². The summed E-state index contributed by atoms with van der Waals surface area (Å²) >= 11 is 0. The highest BCUT2D eigenvalue weighted by atomic mass is 16.2. The van der Waals surface area contributed by atoms with Gasteiger partial charge in [-0.2, -0.15) is 0 Å². The first-order chi connectivity index (χ1) is 14.4. The largest absolute Gasteiger partial charge is 0.350 e. The Morgan fingerprint density at radius 1 is 1.23 bits per heavy atom. The Balaban J connectivity index is 1.50. The summed E-state index contributed by atoms with van der Waals surface area (Å²) in [7, 11) is 0. The van der Waals surface area contributed by atoms with E-state index in [9.17, 15) is 9.59 Å². The fourth-order valence-electron chi connectivity index (χ4n) is 5.40. The highest BCUT2D eigenvalue weighted by Crippen LogP contribution is 2.41. The van der Waals surface area contributed by atoms with Crippen molar-refractivity contribution < 1.29 is 9.59 Å². The topological polar surface area (TPSA) is 78.4 Å². The maximum atomic E-state index is 12.9. The molecular weight excluding hydrogens is 378 g/mol. The maximum absolute atomic E-state index is 12.9. The number of fused-ring (bicyclic) bond motifs is 4. The molecule has 2 bridgehead atoms. The maximum Gasteiger partial charge on any atom is 0.254 e. The number of rotatable bonds is 5. The molecule has 1 aromatic rings. The van der Waals surface area contributed by atoms with Crippen LogP contribution in [0, 0.1) is 18.8 Å². The number of aromatic nitrogens is 2. The van der Waals surface area contributed by atoms with Crippen molar-refractivity contribution in [3.05, 3.63) is 35.4 Å². The second-order valence-corrected chi connectivity index (χ2v) is 9.31. The number of aryl methyl sites for hydroxylation is 1. The van der Waals surface area contributed by atoms with Crippen LogP contribution >= 0.6 is 0 Å². The molecule has 0 radical (unpaired) electrons. The van der Waals surface area contributed by atoms with E-state index in [1.807, 2.05) is 0 Å². The first-order valence-electron chi connectivity index (χ1n) is 11.2. The Hall–Kier alpha value is -2.28. The Kier molecular flexibility index (Phi) is 6.18. The normalized spacial score (nSPS) is 28.6. The van der Waals surface area contributed by atoms with Crippen LogP contribution in [0.2, 0.25) is 0 Å². The van der Waals surface area contributed by atoms with Gasteiger partial charge in [-0.1, -0.05) is 11.6 Å². The molecule has 1 aromatic heterocycles. The molecule has 7 nitrogen and oxygen atoms in total.